The van der Waals surface area contributed by atoms with E-state index in [4.69, 9.17) is 11.6 Å². The molecule has 0 N–H and O–H groups in total. The van der Waals surface area contributed by atoms with Crippen molar-refractivity contribution in [2.45, 2.75) is 11.3 Å². The summed E-state index contributed by atoms with van der Waals surface area (Å²) >= 11 is 5.91. The number of sulfonamides is 1. The Morgan fingerprint density at radius 1 is 1.30 bits per heavy atom. The molecule has 0 saturated carbocycles. The van der Waals surface area contributed by atoms with Crippen LogP contribution in [0.1, 0.15) is 5.69 Å². The second-order valence-electron chi connectivity index (χ2n) is 4.77. The zero-order valence-corrected chi connectivity index (χ0v) is 13.8. The predicted molar refractivity (Wildman–Crippen MR) is 85.9 cm³/mol. The predicted octanol–water partition coefficient (Wildman–Crippen LogP) is 2.51. The van der Waals surface area contributed by atoms with Gasteiger partial charge in [-0.05, 0) is 18.2 Å². The molecular formula is C14H14ClN3O4S. The van der Waals surface area contributed by atoms with Gasteiger partial charge in [0.25, 0.3) is 5.69 Å². The van der Waals surface area contributed by atoms with E-state index in [-0.39, 0.29) is 22.2 Å². The number of rotatable bonds is 6. The van der Waals surface area contributed by atoms with Crippen LogP contribution in [-0.2, 0) is 16.4 Å². The maximum atomic E-state index is 12.5. The van der Waals surface area contributed by atoms with E-state index in [0.29, 0.717) is 6.42 Å². The van der Waals surface area contributed by atoms with Crippen molar-refractivity contribution < 1.29 is 13.3 Å². The fourth-order valence-electron chi connectivity index (χ4n) is 1.91. The molecule has 2 aromatic rings. The molecule has 0 bridgehead atoms. The smallest absolute Gasteiger partial charge is 0.261 e. The van der Waals surface area contributed by atoms with Gasteiger partial charge in [-0.2, -0.15) is 0 Å². The van der Waals surface area contributed by atoms with Gasteiger partial charge in [-0.1, -0.05) is 17.7 Å². The summed E-state index contributed by atoms with van der Waals surface area (Å²) < 4.78 is 26.2. The third-order valence-electron chi connectivity index (χ3n) is 3.22. The van der Waals surface area contributed by atoms with Gasteiger partial charge >= 0.3 is 0 Å². The number of likely N-dealkylation sites (N-methyl/N-ethyl adjacent to an activating group) is 1. The van der Waals surface area contributed by atoms with Crippen molar-refractivity contribution in [3.8, 4) is 0 Å². The monoisotopic (exact) mass is 355 g/mol. The number of aromatic nitrogens is 1. The first-order valence-corrected chi connectivity index (χ1v) is 8.44. The zero-order chi connectivity index (χ0) is 17.0. The molecule has 122 valence electrons. The Labute approximate surface area is 138 Å². The molecule has 1 aromatic carbocycles. The lowest BCUT2D eigenvalue weighted by Gasteiger charge is -2.17. The minimum atomic E-state index is -3.93. The molecule has 0 unspecified atom stereocenters. The number of nitro benzene ring substituents is 1. The van der Waals surface area contributed by atoms with Crippen LogP contribution in [0.4, 0.5) is 5.69 Å². The van der Waals surface area contributed by atoms with Crippen LogP contribution in [0.15, 0.2) is 47.5 Å². The summed E-state index contributed by atoms with van der Waals surface area (Å²) in [5.74, 6) is 0. The number of nitrogens with zero attached hydrogens (tertiary/aromatic N) is 3. The van der Waals surface area contributed by atoms with E-state index in [1.165, 1.54) is 13.1 Å². The largest absolute Gasteiger partial charge is 0.270 e. The first-order valence-electron chi connectivity index (χ1n) is 6.62. The molecule has 0 atom stereocenters. The van der Waals surface area contributed by atoms with Crippen molar-refractivity contribution in [2.75, 3.05) is 13.6 Å². The minimum Gasteiger partial charge on any atom is -0.261 e. The standard InChI is InChI=1S/C14H14ClN3O4S/c1-17(9-7-11-4-2-3-8-16-11)23(21,22)14-10-12(18(19)20)5-6-13(14)15/h2-6,8,10H,7,9H2,1H3. The van der Waals surface area contributed by atoms with Gasteiger partial charge in [0, 0.05) is 44.0 Å². The molecule has 2 rings (SSSR count). The highest BCUT2D eigenvalue weighted by atomic mass is 35.5. The highest BCUT2D eigenvalue weighted by Gasteiger charge is 2.25. The van der Waals surface area contributed by atoms with Crippen LogP contribution in [0.25, 0.3) is 0 Å². The number of pyridine rings is 1. The third kappa shape index (κ3) is 4.04. The first-order chi connectivity index (χ1) is 10.8. The lowest BCUT2D eigenvalue weighted by Crippen LogP contribution is -2.29. The molecule has 1 aromatic heterocycles. The molecular weight excluding hydrogens is 342 g/mol. The highest BCUT2D eigenvalue weighted by Crippen LogP contribution is 2.28. The van der Waals surface area contributed by atoms with Crippen LogP contribution in [0.5, 0.6) is 0 Å². The Morgan fingerprint density at radius 3 is 2.65 bits per heavy atom. The Hall–Kier alpha value is -2.03. The van der Waals surface area contributed by atoms with E-state index < -0.39 is 14.9 Å². The van der Waals surface area contributed by atoms with Crippen LogP contribution in [0, 0.1) is 10.1 Å². The summed E-state index contributed by atoms with van der Waals surface area (Å²) in [7, 11) is -2.53. The Morgan fingerprint density at radius 2 is 2.04 bits per heavy atom. The van der Waals surface area contributed by atoms with E-state index in [0.717, 1.165) is 22.1 Å². The number of benzene rings is 1. The second kappa shape index (κ2) is 7.03. The number of hydrogen-bond donors (Lipinski definition) is 0. The van der Waals surface area contributed by atoms with Gasteiger partial charge in [-0.25, -0.2) is 12.7 Å². The van der Waals surface area contributed by atoms with Gasteiger partial charge in [0.15, 0.2) is 0 Å². The van der Waals surface area contributed by atoms with Gasteiger partial charge in [0.2, 0.25) is 10.0 Å². The molecule has 0 aliphatic heterocycles. The summed E-state index contributed by atoms with van der Waals surface area (Å²) in [6, 6.07) is 8.71. The van der Waals surface area contributed by atoms with Crippen molar-refractivity contribution in [1.82, 2.24) is 9.29 Å². The summed E-state index contributed by atoms with van der Waals surface area (Å²) in [5, 5.41) is 10.8. The average Bonchev–Trinajstić information content (AvgIpc) is 2.53. The molecule has 7 nitrogen and oxygen atoms in total. The zero-order valence-electron chi connectivity index (χ0n) is 12.2. The molecule has 9 heteroatoms. The quantitative estimate of drug-likeness (QED) is 0.586. The van der Waals surface area contributed by atoms with Gasteiger partial charge in [-0.3, -0.25) is 15.1 Å². The number of halogens is 1. The van der Waals surface area contributed by atoms with Crippen LogP contribution < -0.4 is 0 Å². The SMILES string of the molecule is CN(CCc1ccccn1)S(=O)(=O)c1cc([N+](=O)[O-])ccc1Cl. The van der Waals surface area contributed by atoms with Crippen molar-refractivity contribution in [2.24, 2.45) is 0 Å². The van der Waals surface area contributed by atoms with Gasteiger partial charge in [0.05, 0.1) is 9.95 Å². The van der Waals surface area contributed by atoms with Gasteiger partial charge in [-0.15, -0.1) is 0 Å². The van der Waals surface area contributed by atoms with E-state index >= 15 is 0 Å². The fraction of sp³-hybridized carbons (Fsp3) is 0.214. The summed E-state index contributed by atoms with van der Waals surface area (Å²) in [6.07, 6.45) is 2.05. The maximum absolute atomic E-state index is 12.5. The molecule has 0 aliphatic carbocycles. The Bertz CT molecular complexity index is 812. The van der Waals surface area contributed by atoms with Crippen molar-refractivity contribution in [3.05, 3.63) is 63.4 Å². The average molecular weight is 356 g/mol. The molecule has 23 heavy (non-hydrogen) atoms. The molecule has 0 aliphatic rings. The highest BCUT2D eigenvalue weighted by molar-refractivity contribution is 7.89. The van der Waals surface area contributed by atoms with Crippen molar-refractivity contribution in [1.29, 1.82) is 0 Å². The van der Waals surface area contributed by atoms with E-state index in [1.807, 2.05) is 6.07 Å². The summed E-state index contributed by atoms with van der Waals surface area (Å²) in [4.78, 5) is 14.0. The van der Waals surface area contributed by atoms with Gasteiger partial charge in [0.1, 0.15) is 4.90 Å². The Kier molecular flexibility index (Phi) is 5.30. The van der Waals surface area contributed by atoms with Crippen LogP contribution in [0.2, 0.25) is 5.02 Å². The third-order valence-corrected chi connectivity index (χ3v) is 5.56. The second-order valence-corrected chi connectivity index (χ2v) is 7.19. The normalized spacial score (nSPS) is 11.6. The fourth-order valence-corrected chi connectivity index (χ4v) is 3.57. The first kappa shape index (κ1) is 17.3. The minimum absolute atomic E-state index is 0.0553. The van der Waals surface area contributed by atoms with E-state index in [9.17, 15) is 18.5 Å². The topological polar surface area (TPSA) is 93.4 Å². The van der Waals surface area contributed by atoms with Gasteiger partial charge < -0.3 is 0 Å². The number of hydrogen-bond acceptors (Lipinski definition) is 5. The number of nitro groups is 1. The van der Waals surface area contributed by atoms with Crippen molar-refractivity contribution >= 4 is 27.3 Å². The molecule has 0 amide bonds. The van der Waals surface area contributed by atoms with Crippen LogP contribution in [-0.4, -0.2) is 36.2 Å². The summed E-state index contributed by atoms with van der Waals surface area (Å²) in [5.41, 5.74) is 0.422. The maximum Gasteiger partial charge on any atom is 0.270 e. The van der Waals surface area contributed by atoms with Crippen LogP contribution >= 0.6 is 11.6 Å². The number of non-ortho nitro benzene ring substituents is 1. The lowest BCUT2D eigenvalue weighted by atomic mass is 10.3. The van der Waals surface area contributed by atoms with Crippen molar-refractivity contribution in [3.63, 3.8) is 0 Å². The lowest BCUT2D eigenvalue weighted by molar-refractivity contribution is -0.385. The van der Waals surface area contributed by atoms with Crippen LogP contribution in [0.3, 0.4) is 0 Å². The van der Waals surface area contributed by atoms with E-state index in [1.54, 1.807) is 18.3 Å². The molecule has 1 heterocycles. The molecule has 0 fully saturated rings. The molecule has 0 spiro atoms. The Balaban J connectivity index is 2.23. The molecule has 0 saturated heterocycles. The molecule has 0 radical (unpaired) electrons. The summed E-state index contributed by atoms with van der Waals surface area (Å²) in [6.45, 7) is 0.179. The van der Waals surface area contributed by atoms with E-state index in [2.05, 4.69) is 4.98 Å².